The Morgan fingerprint density at radius 3 is 2.57 bits per heavy atom. The van der Waals surface area contributed by atoms with Gasteiger partial charge in [0.1, 0.15) is 0 Å². The predicted molar refractivity (Wildman–Crippen MR) is 124 cm³/mol. The van der Waals surface area contributed by atoms with E-state index < -0.39 is 0 Å². The van der Waals surface area contributed by atoms with E-state index in [1.54, 1.807) is 6.07 Å². The number of carbonyl (C=O) groups excluding carboxylic acids is 1. The standard InChI is InChI=1S/C23H26N4O2S/c1-14-10-11-15(2)20(12-14)24-23(30)25-21-16(3)26-27(17(21)4)13-18-8-6-7-9-19(18)22(28)29-5/h6-12H,13H2,1-5H3,(H2,24,25,30). The van der Waals surface area contributed by atoms with Gasteiger partial charge in [-0.15, -0.1) is 0 Å². The van der Waals surface area contributed by atoms with Crippen LogP contribution < -0.4 is 10.6 Å². The Kier molecular flexibility index (Phi) is 6.52. The molecule has 0 radical (unpaired) electrons. The molecule has 3 aromatic rings. The van der Waals surface area contributed by atoms with E-state index in [0.29, 0.717) is 17.2 Å². The van der Waals surface area contributed by atoms with Crippen LogP contribution in [-0.4, -0.2) is 28.0 Å². The minimum absolute atomic E-state index is 0.357. The molecule has 0 bridgehead atoms. The maximum Gasteiger partial charge on any atom is 0.338 e. The number of ether oxygens (including phenoxy) is 1. The molecule has 1 heterocycles. The highest BCUT2D eigenvalue weighted by Crippen LogP contribution is 2.23. The third-order valence-electron chi connectivity index (χ3n) is 5.00. The molecule has 0 amide bonds. The van der Waals surface area contributed by atoms with E-state index >= 15 is 0 Å². The number of methoxy groups -OCH3 is 1. The summed E-state index contributed by atoms with van der Waals surface area (Å²) in [5.74, 6) is -0.357. The van der Waals surface area contributed by atoms with Gasteiger partial charge in [0.15, 0.2) is 5.11 Å². The van der Waals surface area contributed by atoms with Crippen LogP contribution in [0.4, 0.5) is 11.4 Å². The molecule has 2 aromatic carbocycles. The summed E-state index contributed by atoms with van der Waals surface area (Å²) < 4.78 is 6.76. The van der Waals surface area contributed by atoms with E-state index in [1.807, 2.05) is 50.6 Å². The van der Waals surface area contributed by atoms with Crippen LogP contribution in [-0.2, 0) is 11.3 Å². The SMILES string of the molecule is COC(=O)c1ccccc1Cn1nc(C)c(NC(=S)Nc2cc(C)ccc2C)c1C. The molecule has 30 heavy (non-hydrogen) atoms. The van der Waals surface area contributed by atoms with Crippen LogP contribution in [0.3, 0.4) is 0 Å². The van der Waals surface area contributed by atoms with Gasteiger partial charge in [0.25, 0.3) is 0 Å². The van der Waals surface area contributed by atoms with E-state index in [0.717, 1.165) is 39.5 Å². The Labute approximate surface area is 182 Å². The molecule has 156 valence electrons. The van der Waals surface area contributed by atoms with E-state index in [4.69, 9.17) is 17.0 Å². The van der Waals surface area contributed by atoms with Gasteiger partial charge in [-0.25, -0.2) is 4.79 Å². The topological polar surface area (TPSA) is 68.2 Å². The second-order valence-electron chi connectivity index (χ2n) is 7.25. The smallest absolute Gasteiger partial charge is 0.338 e. The lowest BCUT2D eigenvalue weighted by Crippen LogP contribution is -2.20. The molecular weight excluding hydrogens is 396 g/mol. The molecule has 0 unspecified atom stereocenters. The number of carbonyl (C=O) groups is 1. The van der Waals surface area contributed by atoms with Crippen molar-refractivity contribution in [3.8, 4) is 0 Å². The lowest BCUT2D eigenvalue weighted by Gasteiger charge is -2.14. The van der Waals surface area contributed by atoms with Gasteiger partial charge in [-0.1, -0.05) is 30.3 Å². The molecule has 6 nitrogen and oxygen atoms in total. The maximum atomic E-state index is 12.1. The van der Waals surface area contributed by atoms with Gasteiger partial charge in [0, 0.05) is 5.69 Å². The second-order valence-corrected chi connectivity index (χ2v) is 7.66. The molecule has 0 spiro atoms. The Bertz CT molecular complexity index is 1100. The summed E-state index contributed by atoms with van der Waals surface area (Å²) in [6.07, 6.45) is 0. The fraction of sp³-hybridized carbons (Fsp3) is 0.261. The molecule has 3 rings (SSSR count). The fourth-order valence-corrected chi connectivity index (χ4v) is 3.51. The molecule has 7 heteroatoms. The Morgan fingerprint density at radius 2 is 1.83 bits per heavy atom. The molecule has 0 aliphatic heterocycles. The molecule has 0 saturated heterocycles. The lowest BCUT2D eigenvalue weighted by molar-refractivity contribution is 0.0599. The van der Waals surface area contributed by atoms with E-state index in [-0.39, 0.29) is 5.97 Å². The third kappa shape index (κ3) is 4.68. The number of anilines is 2. The number of benzene rings is 2. The minimum Gasteiger partial charge on any atom is -0.465 e. The van der Waals surface area contributed by atoms with Crippen LogP contribution in [0.15, 0.2) is 42.5 Å². The van der Waals surface area contributed by atoms with Crippen molar-refractivity contribution in [3.05, 3.63) is 76.1 Å². The number of rotatable bonds is 5. The summed E-state index contributed by atoms with van der Waals surface area (Å²) in [6.45, 7) is 8.45. The molecular formula is C23H26N4O2S. The van der Waals surface area contributed by atoms with Crippen molar-refractivity contribution in [1.82, 2.24) is 9.78 Å². The first kappa shape index (κ1) is 21.5. The van der Waals surface area contributed by atoms with Crippen molar-refractivity contribution in [3.63, 3.8) is 0 Å². The van der Waals surface area contributed by atoms with Crippen LogP contribution in [0.5, 0.6) is 0 Å². The minimum atomic E-state index is -0.357. The lowest BCUT2D eigenvalue weighted by atomic mass is 10.1. The van der Waals surface area contributed by atoms with Crippen LogP contribution in [0.1, 0.15) is 38.4 Å². The maximum absolute atomic E-state index is 12.1. The van der Waals surface area contributed by atoms with E-state index in [9.17, 15) is 4.79 Å². The number of aryl methyl sites for hydroxylation is 3. The van der Waals surface area contributed by atoms with Gasteiger partial charge in [0.05, 0.1) is 36.3 Å². The normalized spacial score (nSPS) is 10.6. The summed E-state index contributed by atoms with van der Waals surface area (Å²) in [5, 5.41) is 11.7. The van der Waals surface area contributed by atoms with Crippen molar-refractivity contribution in [2.75, 3.05) is 17.7 Å². The van der Waals surface area contributed by atoms with Gasteiger partial charge >= 0.3 is 5.97 Å². The van der Waals surface area contributed by atoms with Crippen LogP contribution in [0.25, 0.3) is 0 Å². The zero-order chi connectivity index (χ0) is 21.8. The number of hydrogen-bond donors (Lipinski definition) is 2. The van der Waals surface area contributed by atoms with Gasteiger partial charge in [-0.2, -0.15) is 5.10 Å². The molecule has 0 aliphatic carbocycles. The molecule has 0 atom stereocenters. The first-order valence-electron chi connectivity index (χ1n) is 9.65. The molecule has 0 fully saturated rings. The van der Waals surface area contributed by atoms with E-state index in [2.05, 4.69) is 33.9 Å². The monoisotopic (exact) mass is 422 g/mol. The first-order valence-corrected chi connectivity index (χ1v) is 10.1. The van der Waals surface area contributed by atoms with Crippen LogP contribution >= 0.6 is 12.2 Å². The summed E-state index contributed by atoms with van der Waals surface area (Å²) >= 11 is 5.53. The number of nitrogens with zero attached hydrogens (tertiary/aromatic N) is 2. The zero-order valence-corrected chi connectivity index (χ0v) is 18.7. The van der Waals surface area contributed by atoms with Crippen molar-refractivity contribution in [1.29, 1.82) is 0 Å². The van der Waals surface area contributed by atoms with Crippen molar-refractivity contribution in [2.24, 2.45) is 0 Å². The van der Waals surface area contributed by atoms with Crippen LogP contribution in [0, 0.1) is 27.7 Å². The summed E-state index contributed by atoms with van der Waals surface area (Å²) in [5.41, 5.74) is 7.25. The molecule has 1 aromatic heterocycles. The summed E-state index contributed by atoms with van der Waals surface area (Å²) in [7, 11) is 1.38. The average molecular weight is 423 g/mol. The zero-order valence-electron chi connectivity index (χ0n) is 17.9. The van der Waals surface area contributed by atoms with Gasteiger partial charge in [-0.05, 0) is 68.7 Å². The Balaban J connectivity index is 1.80. The number of hydrogen-bond acceptors (Lipinski definition) is 4. The second kappa shape index (κ2) is 9.09. The van der Waals surface area contributed by atoms with Gasteiger partial charge in [0.2, 0.25) is 0 Å². The highest BCUT2D eigenvalue weighted by molar-refractivity contribution is 7.80. The molecule has 0 aliphatic rings. The summed E-state index contributed by atoms with van der Waals surface area (Å²) in [6, 6.07) is 13.6. The third-order valence-corrected chi connectivity index (χ3v) is 5.21. The van der Waals surface area contributed by atoms with Crippen molar-refractivity contribution in [2.45, 2.75) is 34.2 Å². The number of nitrogens with one attached hydrogen (secondary N) is 2. The number of aromatic nitrogens is 2. The van der Waals surface area contributed by atoms with Crippen molar-refractivity contribution >= 4 is 34.7 Å². The largest absolute Gasteiger partial charge is 0.465 e. The van der Waals surface area contributed by atoms with Gasteiger partial charge in [-0.3, -0.25) is 4.68 Å². The van der Waals surface area contributed by atoms with Gasteiger partial charge < -0.3 is 15.4 Å². The average Bonchev–Trinajstić information content (AvgIpc) is 2.98. The molecule has 2 N–H and O–H groups in total. The first-order chi connectivity index (χ1) is 14.3. The van der Waals surface area contributed by atoms with Crippen LogP contribution in [0.2, 0.25) is 0 Å². The molecule has 0 saturated carbocycles. The Hall–Kier alpha value is -3.19. The highest BCUT2D eigenvalue weighted by Gasteiger charge is 2.16. The quantitative estimate of drug-likeness (QED) is 0.456. The van der Waals surface area contributed by atoms with E-state index in [1.165, 1.54) is 7.11 Å². The Morgan fingerprint density at radius 1 is 1.10 bits per heavy atom. The summed E-state index contributed by atoms with van der Waals surface area (Å²) in [4.78, 5) is 12.1. The fourth-order valence-electron chi connectivity index (χ4n) is 3.30. The van der Waals surface area contributed by atoms with Crippen molar-refractivity contribution < 1.29 is 9.53 Å². The number of thiocarbonyl (C=S) groups is 1. The highest BCUT2D eigenvalue weighted by atomic mass is 32.1. The number of esters is 1. The predicted octanol–water partition coefficient (Wildman–Crippen LogP) is 4.76.